The van der Waals surface area contributed by atoms with Crippen LogP contribution in [0, 0.1) is 0 Å². The van der Waals surface area contributed by atoms with Gasteiger partial charge in [-0.3, -0.25) is 9.48 Å². The molecule has 0 aliphatic carbocycles. The molecule has 0 spiro atoms. The van der Waals surface area contributed by atoms with Gasteiger partial charge in [0.05, 0.1) is 16.3 Å². The summed E-state index contributed by atoms with van der Waals surface area (Å²) < 4.78 is 3.14. The van der Waals surface area contributed by atoms with Crippen molar-refractivity contribution in [3.8, 4) is 0 Å². The van der Waals surface area contributed by atoms with Gasteiger partial charge in [-0.15, -0.1) is 0 Å². The van der Waals surface area contributed by atoms with Crippen LogP contribution in [-0.4, -0.2) is 40.8 Å². The van der Waals surface area contributed by atoms with E-state index in [0.29, 0.717) is 5.69 Å². The van der Waals surface area contributed by atoms with Crippen LogP contribution >= 0.6 is 11.3 Å². The largest absolute Gasteiger partial charge is 0.354 e. The maximum Gasteiger partial charge on any atom is 0.271 e. The number of rotatable bonds is 3. The van der Waals surface area contributed by atoms with Crippen LogP contribution in [0.1, 0.15) is 29.4 Å². The van der Waals surface area contributed by atoms with Gasteiger partial charge in [0.25, 0.3) is 5.91 Å². The first kappa shape index (κ1) is 15.1. The number of carbonyl (C=O) groups is 1. The van der Waals surface area contributed by atoms with E-state index in [2.05, 4.69) is 27.4 Å². The number of fused-ring (bicyclic) bond motifs is 1. The van der Waals surface area contributed by atoms with E-state index in [0.717, 1.165) is 36.6 Å². The summed E-state index contributed by atoms with van der Waals surface area (Å²) in [6.45, 7) is 1.88. The van der Waals surface area contributed by atoms with E-state index < -0.39 is 0 Å². The predicted octanol–water partition coefficient (Wildman–Crippen LogP) is 2.69. The summed E-state index contributed by atoms with van der Waals surface area (Å²) in [7, 11) is 1.62. The molecule has 4 rings (SSSR count). The number of anilines is 1. The van der Waals surface area contributed by atoms with Crippen LogP contribution in [0.4, 0.5) is 5.13 Å². The van der Waals surface area contributed by atoms with Gasteiger partial charge < -0.3 is 10.2 Å². The third-order valence-corrected chi connectivity index (χ3v) is 5.49. The minimum Gasteiger partial charge on any atom is -0.354 e. The van der Waals surface area contributed by atoms with Crippen molar-refractivity contribution < 1.29 is 4.79 Å². The van der Waals surface area contributed by atoms with Crippen molar-refractivity contribution in [3.63, 3.8) is 0 Å². The van der Waals surface area contributed by atoms with Gasteiger partial charge in [-0.2, -0.15) is 5.10 Å². The number of amides is 1. The summed E-state index contributed by atoms with van der Waals surface area (Å²) >= 11 is 1.74. The minimum atomic E-state index is -0.146. The lowest BCUT2D eigenvalue weighted by molar-refractivity contribution is 0.0957. The van der Waals surface area contributed by atoms with Crippen molar-refractivity contribution in [3.05, 3.63) is 42.2 Å². The molecule has 3 aromatic rings. The van der Waals surface area contributed by atoms with Crippen LogP contribution in [0.25, 0.3) is 10.2 Å². The van der Waals surface area contributed by atoms with E-state index in [1.807, 2.05) is 23.0 Å². The first-order valence-electron chi connectivity index (χ1n) is 8.12. The van der Waals surface area contributed by atoms with Crippen molar-refractivity contribution in [2.45, 2.75) is 18.9 Å². The molecule has 1 atom stereocenters. The van der Waals surface area contributed by atoms with Crippen LogP contribution in [0.3, 0.4) is 0 Å². The Labute approximate surface area is 144 Å². The van der Waals surface area contributed by atoms with Gasteiger partial charge in [-0.25, -0.2) is 4.98 Å². The first-order valence-corrected chi connectivity index (χ1v) is 8.94. The number of hydrogen-bond acceptors (Lipinski definition) is 5. The molecule has 1 N–H and O–H groups in total. The highest BCUT2D eigenvalue weighted by atomic mass is 32.1. The van der Waals surface area contributed by atoms with Crippen molar-refractivity contribution in [2.24, 2.45) is 0 Å². The van der Waals surface area contributed by atoms with Gasteiger partial charge in [0, 0.05) is 26.3 Å². The van der Waals surface area contributed by atoms with Crippen LogP contribution < -0.4 is 10.2 Å². The summed E-state index contributed by atoms with van der Waals surface area (Å²) in [5.74, 6) is -0.146. The molecule has 3 heterocycles. The van der Waals surface area contributed by atoms with Gasteiger partial charge in [0.15, 0.2) is 5.13 Å². The molecule has 2 aromatic heterocycles. The van der Waals surface area contributed by atoms with Crippen LogP contribution in [0.5, 0.6) is 0 Å². The minimum absolute atomic E-state index is 0.146. The van der Waals surface area contributed by atoms with Crippen molar-refractivity contribution >= 4 is 32.6 Å². The number of thiazole rings is 1. The van der Waals surface area contributed by atoms with Gasteiger partial charge in [0.2, 0.25) is 0 Å². The van der Waals surface area contributed by atoms with Gasteiger partial charge >= 0.3 is 0 Å². The fraction of sp³-hybridized carbons (Fsp3) is 0.353. The van der Waals surface area contributed by atoms with Crippen molar-refractivity contribution in [1.82, 2.24) is 20.1 Å². The van der Waals surface area contributed by atoms with E-state index in [1.54, 1.807) is 24.5 Å². The number of carbonyl (C=O) groups excluding carboxylic acids is 1. The molecule has 0 saturated carbocycles. The van der Waals surface area contributed by atoms with Gasteiger partial charge in [-0.05, 0) is 31.0 Å². The molecule has 24 heavy (non-hydrogen) atoms. The molecule has 1 aromatic carbocycles. The molecule has 0 unspecified atom stereocenters. The topological polar surface area (TPSA) is 63.1 Å². The van der Waals surface area contributed by atoms with E-state index in [9.17, 15) is 4.79 Å². The Balaban J connectivity index is 1.55. The van der Waals surface area contributed by atoms with Crippen LogP contribution in [-0.2, 0) is 0 Å². The Morgan fingerprint density at radius 1 is 1.33 bits per heavy atom. The van der Waals surface area contributed by atoms with Crippen molar-refractivity contribution in [2.75, 3.05) is 25.0 Å². The average Bonchev–Trinajstić information content (AvgIpc) is 3.28. The van der Waals surface area contributed by atoms with Crippen LogP contribution in [0.2, 0.25) is 0 Å². The number of nitrogens with one attached hydrogen (secondary N) is 1. The summed E-state index contributed by atoms with van der Waals surface area (Å²) in [6, 6.07) is 10.3. The number of nitrogens with zero attached hydrogens (tertiary/aromatic N) is 4. The molecular weight excluding hydrogens is 322 g/mol. The quantitative estimate of drug-likeness (QED) is 0.796. The first-order chi connectivity index (χ1) is 11.7. The highest BCUT2D eigenvalue weighted by molar-refractivity contribution is 7.22. The summed E-state index contributed by atoms with van der Waals surface area (Å²) in [4.78, 5) is 18.8. The second-order valence-corrected chi connectivity index (χ2v) is 6.98. The number of benzene rings is 1. The van der Waals surface area contributed by atoms with E-state index in [-0.39, 0.29) is 11.9 Å². The van der Waals surface area contributed by atoms with Gasteiger partial charge in [0.1, 0.15) is 5.69 Å². The Kier molecular flexibility index (Phi) is 3.93. The zero-order chi connectivity index (χ0) is 16.5. The Morgan fingerprint density at radius 3 is 3.04 bits per heavy atom. The molecule has 1 amide bonds. The second kappa shape index (κ2) is 6.24. The lowest BCUT2D eigenvalue weighted by Gasteiger charge is -2.32. The molecule has 1 saturated heterocycles. The molecule has 0 radical (unpaired) electrons. The molecule has 0 bridgehead atoms. The molecule has 1 aliphatic rings. The number of aromatic nitrogens is 3. The zero-order valence-electron chi connectivity index (χ0n) is 13.5. The van der Waals surface area contributed by atoms with E-state index in [4.69, 9.17) is 4.98 Å². The monoisotopic (exact) mass is 341 g/mol. The molecule has 7 heteroatoms. The second-order valence-electron chi connectivity index (χ2n) is 5.97. The number of para-hydroxylation sites is 1. The van der Waals surface area contributed by atoms with Crippen molar-refractivity contribution in [1.29, 1.82) is 0 Å². The summed E-state index contributed by atoms with van der Waals surface area (Å²) in [5.41, 5.74) is 1.52. The number of hydrogen-bond donors (Lipinski definition) is 1. The highest BCUT2D eigenvalue weighted by Gasteiger charge is 2.24. The molecule has 6 nitrogen and oxygen atoms in total. The maximum atomic E-state index is 11.7. The van der Waals surface area contributed by atoms with Crippen LogP contribution in [0.15, 0.2) is 36.5 Å². The summed E-state index contributed by atoms with van der Waals surface area (Å²) in [6.07, 6.45) is 4.06. The molecule has 1 fully saturated rings. The number of piperidine rings is 1. The lowest BCUT2D eigenvalue weighted by Crippen LogP contribution is -2.36. The standard InChI is InChI=1S/C17H19N5OS/c1-18-16(23)14-8-10-22(20-14)12-5-4-9-21(11-12)17-19-13-6-2-3-7-15(13)24-17/h2-3,6-8,10,12H,4-5,9,11H2,1H3,(H,18,23)/t12-/m1/s1. The highest BCUT2D eigenvalue weighted by Crippen LogP contribution is 2.32. The molecule has 124 valence electrons. The lowest BCUT2D eigenvalue weighted by atomic mass is 10.1. The summed E-state index contributed by atoms with van der Waals surface area (Å²) in [5, 5.41) is 8.12. The average molecular weight is 341 g/mol. The maximum absolute atomic E-state index is 11.7. The molecular formula is C17H19N5OS. The fourth-order valence-electron chi connectivity index (χ4n) is 3.13. The van der Waals surface area contributed by atoms with E-state index in [1.165, 1.54) is 4.70 Å². The SMILES string of the molecule is CNC(=O)c1ccn([C@@H]2CCCN(c3nc4ccccc4s3)C2)n1. The third-order valence-electron chi connectivity index (χ3n) is 4.39. The van der Waals surface area contributed by atoms with Gasteiger partial charge in [-0.1, -0.05) is 23.5 Å². The Morgan fingerprint density at radius 2 is 2.21 bits per heavy atom. The zero-order valence-corrected chi connectivity index (χ0v) is 14.3. The fourth-order valence-corrected chi connectivity index (χ4v) is 4.13. The normalized spacial score (nSPS) is 18.0. The molecule has 1 aliphatic heterocycles. The third kappa shape index (κ3) is 2.75. The predicted molar refractivity (Wildman–Crippen MR) is 95.7 cm³/mol. The Hall–Kier alpha value is -2.41. The smallest absolute Gasteiger partial charge is 0.271 e. The Bertz CT molecular complexity index is 838. The van der Waals surface area contributed by atoms with E-state index >= 15 is 0 Å².